The van der Waals surface area contributed by atoms with E-state index in [4.69, 9.17) is 9.73 Å². The topological polar surface area (TPSA) is 36.9 Å². The van der Waals surface area contributed by atoms with Gasteiger partial charge in [0, 0.05) is 25.6 Å². The molecule has 6 heteroatoms. The summed E-state index contributed by atoms with van der Waals surface area (Å²) >= 11 is 1.72. The van der Waals surface area contributed by atoms with Crippen LogP contribution in [0.3, 0.4) is 0 Å². The zero-order valence-electron chi connectivity index (χ0n) is 14.8. The van der Waals surface area contributed by atoms with E-state index in [1.807, 2.05) is 12.1 Å². The molecule has 1 N–H and O–H groups in total. The number of methoxy groups -OCH3 is 1. The lowest BCUT2D eigenvalue weighted by molar-refractivity contribution is 0.414. The fourth-order valence-corrected chi connectivity index (χ4v) is 3.74. The molecule has 1 atom stereocenters. The average molecular weight is 471 g/mol. The first-order valence-corrected chi connectivity index (χ1v) is 9.42. The van der Waals surface area contributed by atoms with Crippen molar-refractivity contribution in [3.63, 3.8) is 0 Å². The van der Waals surface area contributed by atoms with Crippen molar-refractivity contribution in [1.29, 1.82) is 0 Å². The van der Waals surface area contributed by atoms with Crippen LogP contribution in [0.2, 0.25) is 0 Å². The molecule has 1 fully saturated rings. The summed E-state index contributed by atoms with van der Waals surface area (Å²) in [4.78, 5) is 7.19. The highest BCUT2D eigenvalue weighted by molar-refractivity contribution is 14.0. The molecular formula is C19H26IN3OS. The number of hydrogen-bond acceptors (Lipinski definition) is 3. The highest BCUT2D eigenvalue weighted by Crippen LogP contribution is 2.28. The number of guanidine groups is 1. The van der Waals surface area contributed by atoms with Crippen LogP contribution < -0.4 is 10.1 Å². The number of nitrogens with one attached hydrogen (secondary N) is 1. The summed E-state index contributed by atoms with van der Waals surface area (Å²) in [7, 11) is 1.71. The van der Waals surface area contributed by atoms with Gasteiger partial charge in [0.1, 0.15) is 5.75 Å². The van der Waals surface area contributed by atoms with Gasteiger partial charge in [0.25, 0.3) is 0 Å². The van der Waals surface area contributed by atoms with E-state index in [9.17, 15) is 0 Å². The average Bonchev–Trinajstić information content (AvgIpc) is 3.30. The third-order valence-electron chi connectivity index (χ3n) is 4.40. The van der Waals surface area contributed by atoms with E-state index in [0.717, 1.165) is 44.3 Å². The predicted octanol–water partition coefficient (Wildman–Crippen LogP) is 4.33. The largest absolute Gasteiger partial charge is 0.497 e. The molecule has 2 aromatic rings. The second-order valence-corrected chi connectivity index (χ2v) is 6.79. The van der Waals surface area contributed by atoms with Gasteiger partial charge in [0.15, 0.2) is 5.96 Å². The molecule has 25 heavy (non-hydrogen) atoms. The van der Waals surface area contributed by atoms with Gasteiger partial charge in [0.05, 0.1) is 13.7 Å². The van der Waals surface area contributed by atoms with Crippen molar-refractivity contribution in [3.8, 4) is 5.75 Å². The second kappa shape index (κ2) is 10.0. The van der Waals surface area contributed by atoms with Crippen molar-refractivity contribution < 1.29 is 4.74 Å². The fraction of sp³-hybridized carbons (Fsp3) is 0.421. The van der Waals surface area contributed by atoms with Crippen LogP contribution in [0.5, 0.6) is 5.75 Å². The summed E-state index contributed by atoms with van der Waals surface area (Å²) in [6.07, 6.45) is 1.16. The fourth-order valence-electron chi connectivity index (χ4n) is 3.08. The number of thiophene rings is 1. The summed E-state index contributed by atoms with van der Waals surface area (Å²) in [5.74, 6) is 2.50. The van der Waals surface area contributed by atoms with Crippen LogP contribution in [-0.4, -0.2) is 37.6 Å². The van der Waals surface area contributed by atoms with E-state index < -0.39 is 0 Å². The van der Waals surface area contributed by atoms with Crippen molar-refractivity contribution >= 4 is 41.3 Å². The van der Waals surface area contributed by atoms with Crippen LogP contribution in [0.15, 0.2) is 46.1 Å². The molecule has 4 nitrogen and oxygen atoms in total. The van der Waals surface area contributed by atoms with E-state index in [1.54, 1.807) is 18.4 Å². The summed E-state index contributed by atoms with van der Waals surface area (Å²) in [5.41, 5.74) is 2.66. The minimum Gasteiger partial charge on any atom is -0.497 e. The number of benzene rings is 1. The van der Waals surface area contributed by atoms with Crippen LogP contribution in [0, 0.1) is 0 Å². The molecule has 1 saturated heterocycles. The van der Waals surface area contributed by atoms with E-state index in [0.29, 0.717) is 5.92 Å². The molecule has 1 aliphatic heterocycles. The lowest BCUT2D eigenvalue weighted by Crippen LogP contribution is -2.40. The molecule has 136 valence electrons. The predicted molar refractivity (Wildman–Crippen MR) is 116 cm³/mol. The quantitative estimate of drug-likeness (QED) is 0.401. The Morgan fingerprint density at radius 1 is 1.32 bits per heavy atom. The van der Waals surface area contributed by atoms with Crippen LogP contribution in [-0.2, 0) is 6.54 Å². The lowest BCUT2D eigenvalue weighted by Gasteiger charge is -2.21. The maximum atomic E-state index is 5.25. The SMILES string of the molecule is CCNC(=NCc1ccsc1)N1CCC(c2ccc(OC)cc2)C1.I. The van der Waals surface area contributed by atoms with Gasteiger partial charge in [-0.3, -0.25) is 0 Å². The molecular weight excluding hydrogens is 445 g/mol. The first kappa shape index (κ1) is 20.0. The van der Waals surface area contributed by atoms with E-state index in [1.165, 1.54) is 11.1 Å². The standard InChI is InChI=1S/C19H25N3OS.HI/c1-3-20-19(21-12-15-9-11-24-14-15)22-10-8-17(13-22)16-4-6-18(23-2)7-5-16;/h4-7,9,11,14,17H,3,8,10,12-13H2,1-2H3,(H,20,21);1H. The summed E-state index contributed by atoms with van der Waals surface area (Å²) in [6.45, 7) is 5.83. The maximum absolute atomic E-state index is 5.25. The third kappa shape index (κ3) is 5.34. The van der Waals surface area contributed by atoms with Crippen LogP contribution in [0.4, 0.5) is 0 Å². The monoisotopic (exact) mass is 471 g/mol. The number of likely N-dealkylation sites (tertiary alicyclic amines) is 1. The van der Waals surface area contributed by atoms with Gasteiger partial charge in [-0.15, -0.1) is 24.0 Å². The Labute approximate surface area is 171 Å². The van der Waals surface area contributed by atoms with Gasteiger partial charge in [-0.05, 0) is 53.4 Å². The highest BCUT2D eigenvalue weighted by atomic mass is 127. The molecule has 0 saturated carbocycles. The molecule has 0 spiro atoms. The number of ether oxygens (including phenoxy) is 1. The Bertz CT molecular complexity index is 658. The minimum atomic E-state index is 0. The maximum Gasteiger partial charge on any atom is 0.194 e. The molecule has 0 aliphatic carbocycles. The molecule has 0 bridgehead atoms. The van der Waals surface area contributed by atoms with Crippen molar-refractivity contribution in [1.82, 2.24) is 10.2 Å². The first-order chi connectivity index (χ1) is 11.8. The van der Waals surface area contributed by atoms with Crippen molar-refractivity contribution in [3.05, 3.63) is 52.2 Å². The van der Waals surface area contributed by atoms with Crippen molar-refractivity contribution in [2.75, 3.05) is 26.7 Å². The Balaban J connectivity index is 0.00000225. The number of aliphatic imine (C=N–C) groups is 1. The van der Waals surface area contributed by atoms with E-state index in [-0.39, 0.29) is 24.0 Å². The molecule has 2 heterocycles. The van der Waals surface area contributed by atoms with Gasteiger partial charge >= 0.3 is 0 Å². The Morgan fingerprint density at radius 3 is 2.76 bits per heavy atom. The highest BCUT2D eigenvalue weighted by Gasteiger charge is 2.26. The Morgan fingerprint density at radius 2 is 2.12 bits per heavy atom. The Hall–Kier alpha value is -1.28. The van der Waals surface area contributed by atoms with Gasteiger partial charge in [-0.1, -0.05) is 12.1 Å². The molecule has 1 aromatic carbocycles. The summed E-state index contributed by atoms with van der Waals surface area (Å²) in [5, 5.41) is 7.70. The molecule has 1 aliphatic rings. The number of rotatable bonds is 5. The molecule has 0 amide bonds. The molecule has 0 radical (unpaired) electrons. The second-order valence-electron chi connectivity index (χ2n) is 6.01. The van der Waals surface area contributed by atoms with Gasteiger partial charge in [-0.2, -0.15) is 11.3 Å². The molecule has 1 unspecified atom stereocenters. The van der Waals surface area contributed by atoms with Gasteiger partial charge in [0.2, 0.25) is 0 Å². The number of nitrogens with zero attached hydrogens (tertiary/aromatic N) is 2. The van der Waals surface area contributed by atoms with Crippen molar-refractivity contribution in [2.24, 2.45) is 4.99 Å². The zero-order chi connectivity index (χ0) is 16.8. The third-order valence-corrected chi connectivity index (χ3v) is 5.13. The van der Waals surface area contributed by atoms with Gasteiger partial charge < -0.3 is 15.0 Å². The zero-order valence-corrected chi connectivity index (χ0v) is 17.9. The first-order valence-electron chi connectivity index (χ1n) is 8.48. The smallest absolute Gasteiger partial charge is 0.194 e. The number of halogens is 1. The number of hydrogen-bond donors (Lipinski definition) is 1. The minimum absolute atomic E-state index is 0. The molecule has 1 aromatic heterocycles. The van der Waals surface area contributed by atoms with Gasteiger partial charge in [-0.25, -0.2) is 4.99 Å². The van der Waals surface area contributed by atoms with Crippen LogP contribution in [0.1, 0.15) is 30.4 Å². The van der Waals surface area contributed by atoms with E-state index >= 15 is 0 Å². The van der Waals surface area contributed by atoms with E-state index in [2.05, 4.69) is 46.1 Å². The summed E-state index contributed by atoms with van der Waals surface area (Å²) < 4.78 is 5.25. The summed E-state index contributed by atoms with van der Waals surface area (Å²) in [6, 6.07) is 10.6. The van der Waals surface area contributed by atoms with Crippen LogP contribution in [0.25, 0.3) is 0 Å². The lowest BCUT2D eigenvalue weighted by atomic mass is 9.98. The Kier molecular flexibility index (Phi) is 8.02. The molecule has 3 rings (SSSR count). The normalized spacial score (nSPS) is 17.3. The van der Waals surface area contributed by atoms with Crippen molar-refractivity contribution in [2.45, 2.75) is 25.8 Å². The van der Waals surface area contributed by atoms with Crippen LogP contribution >= 0.6 is 35.3 Å².